The summed E-state index contributed by atoms with van der Waals surface area (Å²) in [5.41, 5.74) is 0.0152. The second-order valence-electron chi connectivity index (χ2n) is 9.51. The van der Waals surface area contributed by atoms with Crippen molar-refractivity contribution in [2.24, 2.45) is 5.41 Å². The second kappa shape index (κ2) is 11.2. The first-order valence-electron chi connectivity index (χ1n) is 12.2. The number of nitrogens with one attached hydrogen (secondary N) is 1. The van der Waals surface area contributed by atoms with Crippen LogP contribution in [0.3, 0.4) is 0 Å². The molecule has 1 fully saturated rings. The van der Waals surface area contributed by atoms with Gasteiger partial charge in [-0.3, -0.25) is 9.78 Å². The fourth-order valence-electron chi connectivity index (χ4n) is 4.18. The van der Waals surface area contributed by atoms with E-state index in [1.54, 1.807) is 32.4 Å². The van der Waals surface area contributed by atoms with Crippen molar-refractivity contribution in [2.45, 2.75) is 46.1 Å². The van der Waals surface area contributed by atoms with Crippen molar-refractivity contribution in [3.8, 4) is 11.5 Å². The summed E-state index contributed by atoms with van der Waals surface area (Å²) in [4.78, 5) is 27.2. The SMILES string of the molecule is CCOc1ccccc1OC1CCCN(c2cncc(Nc3cc(CC(C)(C)C(=O)O)ccn3)n2)C1. The van der Waals surface area contributed by atoms with Gasteiger partial charge in [0, 0.05) is 12.7 Å². The number of aliphatic carboxylic acids is 1. The van der Waals surface area contributed by atoms with Gasteiger partial charge in [0.2, 0.25) is 0 Å². The lowest BCUT2D eigenvalue weighted by molar-refractivity contribution is -0.146. The molecular weight excluding hydrogens is 458 g/mol. The fraction of sp³-hybridized carbons (Fsp3) is 0.407. The van der Waals surface area contributed by atoms with Gasteiger partial charge in [-0.1, -0.05) is 12.1 Å². The Morgan fingerprint density at radius 2 is 2.00 bits per heavy atom. The molecule has 1 aliphatic heterocycles. The summed E-state index contributed by atoms with van der Waals surface area (Å²) in [6.45, 7) is 7.52. The summed E-state index contributed by atoms with van der Waals surface area (Å²) in [5, 5.41) is 12.6. The molecule has 1 atom stereocenters. The van der Waals surface area contributed by atoms with Crippen LogP contribution in [0.1, 0.15) is 39.2 Å². The summed E-state index contributed by atoms with van der Waals surface area (Å²) < 4.78 is 12.0. The molecule has 4 rings (SSSR count). The minimum absolute atomic E-state index is 0.00899. The molecule has 0 aliphatic carbocycles. The van der Waals surface area contributed by atoms with Crippen molar-refractivity contribution < 1.29 is 19.4 Å². The van der Waals surface area contributed by atoms with Crippen LogP contribution < -0.4 is 19.7 Å². The van der Waals surface area contributed by atoms with Crippen LogP contribution in [0.2, 0.25) is 0 Å². The average Bonchev–Trinajstić information content (AvgIpc) is 2.86. The number of carboxylic acid groups (broad SMARTS) is 1. The molecule has 0 spiro atoms. The Bertz CT molecular complexity index is 1190. The van der Waals surface area contributed by atoms with Crippen LogP contribution in [0.5, 0.6) is 11.5 Å². The lowest BCUT2D eigenvalue weighted by Crippen LogP contribution is -2.41. The van der Waals surface area contributed by atoms with Crippen molar-refractivity contribution in [1.82, 2.24) is 15.0 Å². The molecule has 1 saturated heterocycles. The summed E-state index contributed by atoms with van der Waals surface area (Å²) in [6.07, 6.45) is 7.40. The van der Waals surface area contributed by atoms with Gasteiger partial charge in [-0.2, -0.15) is 0 Å². The highest BCUT2D eigenvalue weighted by atomic mass is 16.5. The van der Waals surface area contributed by atoms with E-state index in [2.05, 4.69) is 20.2 Å². The summed E-state index contributed by atoms with van der Waals surface area (Å²) >= 11 is 0. The molecule has 0 amide bonds. The van der Waals surface area contributed by atoms with Crippen molar-refractivity contribution in [2.75, 3.05) is 29.9 Å². The maximum atomic E-state index is 11.5. The zero-order valence-corrected chi connectivity index (χ0v) is 21.0. The predicted octanol–water partition coefficient (Wildman–Crippen LogP) is 4.72. The number of carboxylic acids is 1. The number of rotatable bonds is 10. The number of carbonyl (C=O) groups is 1. The number of aromatic nitrogens is 3. The van der Waals surface area contributed by atoms with Gasteiger partial charge >= 0.3 is 5.97 Å². The van der Waals surface area contributed by atoms with Gasteiger partial charge in [-0.05, 0) is 69.9 Å². The molecule has 0 saturated carbocycles. The van der Waals surface area contributed by atoms with E-state index in [4.69, 9.17) is 14.5 Å². The Morgan fingerprint density at radius 3 is 2.78 bits per heavy atom. The summed E-state index contributed by atoms with van der Waals surface area (Å²) in [6, 6.07) is 11.4. The van der Waals surface area contributed by atoms with Crippen molar-refractivity contribution in [1.29, 1.82) is 0 Å². The van der Waals surface area contributed by atoms with Gasteiger partial charge in [-0.15, -0.1) is 0 Å². The van der Waals surface area contributed by atoms with Crippen LogP contribution in [-0.2, 0) is 11.2 Å². The Hall–Kier alpha value is -3.88. The molecule has 1 aliphatic rings. The highest BCUT2D eigenvalue weighted by Crippen LogP contribution is 2.30. The third-order valence-corrected chi connectivity index (χ3v) is 6.07. The minimum atomic E-state index is -0.867. The lowest BCUT2D eigenvalue weighted by Gasteiger charge is -2.33. The molecule has 2 aromatic heterocycles. The smallest absolute Gasteiger partial charge is 0.309 e. The molecule has 1 aromatic carbocycles. The Balaban J connectivity index is 1.43. The van der Waals surface area contributed by atoms with Crippen molar-refractivity contribution >= 4 is 23.4 Å². The van der Waals surface area contributed by atoms with E-state index in [1.165, 1.54) is 0 Å². The van der Waals surface area contributed by atoms with E-state index >= 15 is 0 Å². The molecule has 9 heteroatoms. The molecule has 3 aromatic rings. The summed E-state index contributed by atoms with van der Waals surface area (Å²) in [7, 11) is 0. The third kappa shape index (κ3) is 6.41. The second-order valence-corrected chi connectivity index (χ2v) is 9.51. The van der Waals surface area contributed by atoms with Gasteiger partial charge in [-0.25, -0.2) is 9.97 Å². The Labute approximate surface area is 211 Å². The van der Waals surface area contributed by atoms with Gasteiger partial charge in [0.15, 0.2) is 17.3 Å². The first kappa shape index (κ1) is 25.2. The van der Waals surface area contributed by atoms with Crippen molar-refractivity contribution in [3.63, 3.8) is 0 Å². The molecular formula is C27H33N5O4. The first-order chi connectivity index (χ1) is 17.3. The van der Waals surface area contributed by atoms with E-state index in [9.17, 15) is 9.90 Å². The van der Waals surface area contributed by atoms with E-state index in [-0.39, 0.29) is 6.10 Å². The van der Waals surface area contributed by atoms with Crippen LogP contribution in [0.15, 0.2) is 55.0 Å². The first-order valence-corrected chi connectivity index (χ1v) is 12.2. The molecule has 0 radical (unpaired) electrons. The van der Waals surface area contributed by atoms with Gasteiger partial charge < -0.3 is 24.8 Å². The van der Waals surface area contributed by atoms with Gasteiger partial charge in [0.25, 0.3) is 0 Å². The van der Waals surface area contributed by atoms with Crippen LogP contribution in [0.25, 0.3) is 0 Å². The number of hydrogen-bond acceptors (Lipinski definition) is 8. The lowest BCUT2D eigenvalue weighted by atomic mass is 9.86. The van der Waals surface area contributed by atoms with Gasteiger partial charge in [0.1, 0.15) is 17.7 Å². The monoisotopic (exact) mass is 491 g/mol. The molecule has 1 unspecified atom stereocenters. The predicted molar refractivity (Wildman–Crippen MR) is 138 cm³/mol. The maximum Gasteiger partial charge on any atom is 0.309 e. The highest BCUT2D eigenvalue weighted by molar-refractivity contribution is 5.74. The third-order valence-electron chi connectivity index (χ3n) is 6.07. The number of para-hydroxylation sites is 2. The van der Waals surface area contributed by atoms with Gasteiger partial charge in [0.05, 0.1) is 31.0 Å². The van der Waals surface area contributed by atoms with E-state index < -0.39 is 11.4 Å². The van der Waals surface area contributed by atoms with E-state index in [0.29, 0.717) is 31.2 Å². The van der Waals surface area contributed by atoms with Crippen molar-refractivity contribution in [3.05, 3.63) is 60.6 Å². The number of nitrogens with zero attached hydrogens (tertiary/aromatic N) is 4. The standard InChI is InChI=1S/C27H33N5O4/c1-4-35-21-9-5-6-10-22(21)36-20-8-7-13-32(18-20)25-17-28-16-24(31-25)30-23-14-19(11-12-29-23)15-27(2,3)26(33)34/h5-6,9-12,14,16-17,20H,4,7-8,13,15,18H2,1-3H3,(H,33,34)(H,29,30,31). The average molecular weight is 492 g/mol. The minimum Gasteiger partial charge on any atom is -0.490 e. The summed E-state index contributed by atoms with van der Waals surface area (Å²) in [5.74, 6) is 2.59. The quantitative estimate of drug-likeness (QED) is 0.416. The molecule has 2 N–H and O–H groups in total. The number of benzene rings is 1. The Kier molecular flexibility index (Phi) is 7.87. The van der Waals surface area contributed by atoms with E-state index in [1.807, 2.05) is 43.3 Å². The number of pyridine rings is 1. The number of hydrogen-bond donors (Lipinski definition) is 2. The maximum absolute atomic E-state index is 11.5. The molecule has 0 bridgehead atoms. The van der Waals surface area contributed by atoms with Crippen LogP contribution in [-0.4, -0.2) is 51.8 Å². The number of anilines is 3. The molecule has 3 heterocycles. The largest absolute Gasteiger partial charge is 0.490 e. The van der Waals surface area contributed by atoms with E-state index in [0.717, 1.165) is 42.3 Å². The topological polar surface area (TPSA) is 110 Å². The Morgan fingerprint density at radius 1 is 1.19 bits per heavy atom. The molecule has 190 valence electrons. The fourth-order valence-corrected chi connectivity index (χ4v) is 4.18. The van der Waals surface area contributed by atoms with Crippen LogP contribution in [0, 0.1) is 5.41 Å². The molecule has 36 heavy (non-hydrogen) atoms. The normalized spacial score (nSPS) is 15.9. The van der Waals surface area contributed by atoms with Crippen LogP contribution >= 0.6 is 0 Å². The zero-order chi connectivity index (χ0) is 25.5. The number of piperidine rings is 1. The van der Waals surface area contributed by atoms with Crippen LogP contribution in [0.4, 0.5) is 17.5 Å². The number of ether oxygens (including phenoxy) is 2. The molecule has 9 nitrogen and oxygen atoms in total. The zero-order valence-electron chi connectivity index (χ0n) is 21.0. The highest BCUT2D eigenvalue weighted by Gasteiger charge is 2.27.